The molecule has 2 aromatic carbocycles. The Bertz CT molecular complexity index is 697. The van der Waals surface area contributed by atoms with E-state index in [1.807, 2.05) is 36.4 Å². The van der Waals surface area contributed by atoms with Crippen LogP contribution in [0.3, 0.4) is 0 Å². The topological polar surface area (TPSA) is 37.4 Å². The first kappa shape index (κ1) is 12.8. The van der Waals surface area contributed by atoms with Gasteiger partial charge in [0.2, 0.25) is 5.91 Å². The largest absolute Gasteiger partial charge is 0.274 e. The summed E-state index contributed by atoms with van der Waals surface area (Å²) in [6.07, 6.45) is 0.110. The molecule has 3 nitrogen and oxygen atoms in total. The summed E-state index contributed by atoms with van der Waals surface area (Å²) in [5, 5.41) is 2.08. The van der Waals surface area contributed by atoms with Gasteiger partial charge in [-0.15, -0.1) is 0 Å². The summed E-state index contributed by atoms with van der Waals surface area (Å²) in [6, 6.07) is 13.4. The molecule has 2 aromatic rings. The minimum absolute atomic E-state index is 0.110. The number of hydrogen-bond acceptors (Lipinski definition) is 2. The van der Waals surface area contributed by atoms with E-state index < -0.39 is 3.23 Å². The first-order chi connectivity index (χ1) is 8.99. The summed E-state index contributed by atoms with van der Waals surface area (Å²) in [5.41, 5.74) is 0.606. The summed E-state index contributed by atoms with van der Waals surface area (Å²) in [7, 11) is 0. The molecular weight excluding hydrogens is 374 g/mol. The number of anilines is 1. The van der Waals surface area contributed by atoms with Crippen LogP contribution in [-0.4, -0.2) is 15.0 Å². The van der Waals surface area contributed by atoms with Crippen LogP contribution in [0.25, 0.3) is 10.8 Å². The van der Waals surface area contributed by atoms with Gasteiger partial charge in [0, 0.05) is 0 Å². The van der Waals surface area contributed by atoms with Gasteiger partial charge in [-0.1, -0.05) is 62.2 Å². The van der Waals surface area contributed by atoms with E-state index in [4.69, 9.17) is 0 Å². The second-order valence-corrected chi connectivity index (χ2v) is 8.22. The van der Waals surface area contributed by atoms with Crippen molar-refractivity contribution in [1.29, 1.82) is 0 Å². The molecule has 3 rings (SSSR count). The van der Waals surface area contributed by atoms with Gasteiger partial charge in [0.15, 0.2) is 3.23 Å². The molecule has 0 spiro atoms. The second-order valence-electron chi connectivity index (χ2n) is 4.45. The van der Waals surface area contributed by atoms with Crippen molar-refractivity contribution in [3.63, 3.8) is 0 Å². The number of imide groups is 1. The summed E-state index contributed by atoms with van der Waals surface area (Å²) in [5.74, 6) is -0.498. The molecule has 0 atom stereocenters. The Hall–Kier alpha value is -1.20. The molecular formula is C14H9Br2NO2. The highest BCUT2D eigenvalue weighted by molar-refractivity contribution is 9.26. The molecule has 96 valence electrons. The summed E-state index contributed by atoms with van der Waals surface area (Å²) in [4.78, 5) is 25.4. The average Bonchev–Trinajstić information content (AvgIpc) is 2.58. The van der Waals surface area contributed by atoms with E-state index >= 15 is 0 Å². The molecule has 0 aromatic heterocycles. The lowest BCUT2D eigenvalue weighted by atomic mass is 10.1. The lowest BCUT2D eigenvalue weighted by Crippen LogP contribution is -2.33. The Morgan fingerprint density at radius 1 is 1.00 bits per heavy atom. The molecule has 0 saturated carbocycles. The van der Waals surface area contributed by atoms with E-state index in [1.165, 1.54) is 4.90 Å². The van der Waals surface area contributed by atoms with Gasteiger partial charge < -0.3 is 0 Å². The van der Waals surface area contributed by atoms with E-state index in [2.05, 4.69) is 31.9 Å². The third-order valence-electron chi connectivity index (χ3n) is 3.13. The summed E-state index contributed by atoms with van der Waals surface area (Å²) < 4.78 is -0.970. The van der Waals surface area contributed by atoms with Crippen molar-refractivity contribution >= 4 is 60.1 Å². The molecule has 0 bridgehead atoms. The maximum absolute atomic E-state index is 12.2. The Morgan fingerprint density at radius 2 is 1.68 bits per heavy atom. The van der Waals surface area contributed by atoms with Crippen molar-refractivity contribution in [3.05, 3.63) is 42.5 Å². The van der Waals surface area contributed by atoms with Crippen molar-refractivity contribution < 1.29 is 9.59 Å². The van der Waals surface area contributed by atoms with Crippen molar-refractivity contribution in [1.82, 2.24) is 0 Å². The predicted molar refractivity (Wildman–Crippen MR) is 81.6 cm³/mol. The van der Waals surface area contributed by atoms with E-state index in [-0.39, 0.29) is 18.2 Å². The van der Waals surface area contributed by atoms with Crippen molar-refractivity contribution in [2.45, 2.75) is 9.65 Å². The highest BCUT2D eigenvalue weighted by Crippen LogP contribution is 2.40. The number of benzene rings is 2. The molecule has 1 aliphatic rings. The minimum atomic E-state index is -0.970. The Morgan fingerprint density at radius 3 is 2.32 bits per heavy atom. The van der Waals surface area contributed by atoms with Gasteiger partial charge in [-0.25, -0.2) is 4.90 Å². The molecule has 0 radical (unpaired) electrons. The molecule has 0 N–H and O–H groups in total. The maximum atomic E-state index is 12.2. The average molecular weight is 383 g/mol. The number of hydrogen-bond donors (Lipinski definition) is 0. The molecule has 0 unspecified atom stereocenters. The van der Waals surface area contributed by atoms with Crippen molar-refractivity contribution in [2.24, 2.45) is 0 Å². The normalized spacial score (nSPS) is 18.3. The van der Waals surface area contributed by atoms with Crippen LogP contribution in [-0.2, 0) is 9.59 Å². The Kier molecular flexibility index (Phi) is 2.98. The molecule has 0 aliphatic carbocycles. The molecule has 1 aliphatic heterocycles. The molecule has 1 saturated heterocycles. The third kappa shape index (κ3) is 2.11. The van der Waals surface area contributed by atoms with E-state index in [0.717, 1.165) is 10.8 Å². The highest BCUT2D eigenvalue weighted by atomic mass is 79.9. The van der Waals surface area contributed by atoms with Crippen LogP contribution in [0.1, 0.15) is 6.42 Å². The molecule has 5 heteroatoms. The van der Waals surface area contributed by atoms with Gasteiger partial charge in [-0.05, 0) is 22.9 Å². The van der Waals surface area contributed by atoms with Crippen LogP contribution in [0.2, 0.25) is 0 Å². The third-order valence-corrected chi connectivity index (χ3v) is 4.37. The number of alkyl halides is 2. The lowest BCUT2D eigenvalue weighted by molar-refractivity contribution is -0.121. The summed E-state index contributed by atoms with van der Waals surface area (Å²) in [6.45, 7) is 0. The number of halogens is 2. The van der Waals surface area contributed by atoms with Crippen molar-refractivity contribution in [2.75, 3.05) is 4.90 Å². The fourth-order valence-corrected chi connectivity index (χ4v) is 3.03. The number of carbonyl (C=O) groups is 2. The van der Waals surface area contributed by atoms with Crippen LogP contribution in [0, 0.1) is 0 Å². The van der Waals surface area contributed by atoms with Gasteiger partial charge in [0.25, 0.3) is 5.91 Å². The molecule has 1 fully saturated rings. The Labute approximate surface area is 126 Å². The summed E-state index contributed by atoms with van der Waals surface area (Å²) >= 11 is 6.48. The van der Waals surface area contributed by atoms with Crippen LogP contribution in [0.5, 0.6) is 0 Å². The number of rotatable bonds is 1. The zero-order valence-electron chi connectivity index (χ0n) is 9.77. The SMILES string of the molecule is O=C1CC(Br)(Br)C(=O)N1c1ccc2ccccc2c1. The minimum Gasteiger partial charge on any atom is -0.274 e. The molecule has 19 heavy (non-hydrogen) atoms. The number of nitrogens with zero attached hydrogens (tertiary/aromatic N) is 1. The van der Waals surface area contributed by atoms with Gasteiger partial charge in [-0.2, -0.15) is 0 Å². The maximum Gasteiger partial charge on any atom is 0.262 e. The first-order valence-electron chi connectivity index (χ1n) is 5.73. The fourth-order valence-electron chi connectivity index (χ4n) is 2.20. The van der Waals surface area contributed by atoms with Gasteiger partial charge in [-0.3, -0.25) is 9.59 Å². The van der Waals surface area contributed by atoms with Gasteiger partial charge in [0.05, 0.1) is 12.1 Å². The van der Waals surface area contributed by atoms with Crippen LogP contribution >= 0.6 is 31.9 Å². The van der Waals surface area contributed by atoms with Gasteiger partial charge >= 0.3 is 0 Å². The number of fused-ring (bicyclic) bond motifs is 1. The van der Waals surface area contributed by atoms with Crippen LogP contribution < -0.4 is 4.90 Å². The van der Waals surface area contributed by atoms with Gasteiger partial charge in [0.1, 0.15) is 0 Å². The molecule has 1 heterocycles. The quantitative estimate of drug-likeness (QED) is 0.558. The molecule has 2 amide bonds. The van der Waals surface area contributed by atoms with E-state index in [1.54, 1.807) is 6.07 Å². The first-order valence-corrected chi connectivity index (χ1v) is 7.32. The van der Waals surface area contributed by atoms with E-state index in [0.29, 0.717) is 5.69 Å². The zero-order valence-corrected chi connectivity index (χ0v) is 12.9. The number of carbonyl (C=O) groups excluding carboxylic acids is 2. The van der Waals surface area contributed by atoms with E-state index in [9.17, 15) is 9.59 Å². The Balaban J connectivity index is 2.10. The number of amides is 2. The fraction of sp³-hybridized carbons (Fsp3) is 0.143. The smallest absolute Gasteiger partial charge is 0.262 e. The second kappa shape index (κ2) is 4.42. The standard InChI is InChI=1S/C14H9Br2NO2/c15-14(16)8-12(18)17(13(14)19)11-6-5-9-3-1-2-4-10(9)7-11/h1-7H,8H2. The lowest BCUT2D eigenvalue weighted by Gasteiger charge is -2.16. The predicted octanol–water partition coefficient (Wildman–Crippen LogP) is 3.59. The van der Waals surface area contributed by atoms with Crippen LogP contribution in [0.4, 0.5) is 5.69 Å². The van der Waals surface area contributed by atoms with Crippen LogP contribution in [0.15, 0.2) is 42.5 Å². The zero-order chi connectivity index (χ0) is 13.6. The monoisotopic (exact) mass is 381 g/mol. The highest BCUT2D eigenvalue weighted by Gasteiger charge is 2.48. The van der Waals surface area contributed by atoms with Crippen molar-refractivity contribution in [3.8, 4) is 0 Å².